The Morgan fingerprint density at radius 1 is 1.50 bits per heavy atom. The summed E-state index contributed by atoms with van der Waals surface area (Å²) in [6.07, 6.45) is 9.27. The zero-order valence-corrected chi connectivity index (χ0v) is 11.8. The van der Waals surface area contributed by atoms with Gasteiger partial charge in [-0.25, -0.2) is 13.4 Å². The van der Waals surface area contributed by atoms with Crippen LogP contribution in [0.15, 0.2) is 18.7 Å². The highest BCUT2D eigenvalue weighted by Gasteiger charge is 2.42. The van der Waals surface area contributed by atoms with Crippen LogP contribution in [-0.4, -0.2) is 42.6 Å². The van der Waals surface area contributed by atoms with E-state index in [1.807, 2.05) is 19.4 Å². The first-order valence-corrected chi connectivity index (χ1v) is 8.32. The molecule has 1 N–H and O–H groups in total. The molecular weight excluding hydrogens is 250 g/mol. The SMILES string of the molecule is CC(CS(C)(=O)=O)NCC1(Cn2ccnc2)CC1. The molecule has 1 aromatic heterocycles. The molecule has 0 aliphatic heterocycles. The minimum Gasteiger partial charge on any atom is -0.337 e. The van der Waals surface area contributed by atoms with Crippen LogP contribution in [0.3, 0.4) is 0 Å². The molecular formula is C12H21N3O2S. The van der Waals surface area contributed by atoms with Crippen LogP contribution in [0, 0.1) is 5.41 Å². The van der Waals surface area contributed by atoms with Gasteiger partial charge in [-0.1, -0.05) is 0 Å². The van der Waals surface area contributed by atoms with Crippen molar-refractivity contribution in [3.63, 3.8) is 0 Å². The predicted molar refractivity (Wildman–Crippen MR) is 71.1 cm³/mol. The Balaban J connectivity index is 1.79. The molecule has 1 fully saturated rings. The molecule has 102 valence electrons. The smallest absolute Gasteiger partial charge is 0.148 e. The van der Waals surface area contributed by atoms with E-state index in [9.17, 15) is 8.42 Å². The number of aromatic nitrogens is 2. The lowest BCUT2D eigenvalue weighted by Gasteiger charge is -2.20. The number of rotatable bonds is 7. The highest BCUT2D eigenvalue weighted by Crippen LogP contribution is 2.46. The highest BCUT2D eigenvalue weighted by molar-refractivity contribution is 7.90. The van der Waals surface area contributed by atoms with E-state index < -0.39 is 9.84 Å². The molecule has 5 nitrogen and oxygen atoms in total. The number of imidazole rings is 1. The van der Waals surface area contributed by atoms with E-state index in [2.05, 4.69) is 14.9 Å². The molecule has 2 rings (SSSR count). The number of sulfone groups is 1. The van der Waals surface area contributed by atoms with Crippen molar-refractivity contribution in [1.29, 1.82) is 0 Å². The van der Waals surface area contributed by atoms with E-state index >= 15 is 0 Å². The zero-order chi connectivity index (χ0) is 13.2. The first-order valence-electron chi connectivity index (χ1n) is 6.25. The molecule has 0 bridgehead atoms. The summed E-state index contributed by atoms with van der Waals surface area (Å²) in [6.45, 7) is 3.77. The first kappa shape index (κ1) is 13.5. The van der Waals surface area contributed by atoms with Crippen LogP contribution in [0.25, 0.3) is 0 Å². The van der Waals surface area contributed by atoms with Gasteiger partial charge in [-0.05, 0) is 19.8 Å². The second kappa shape index (κ2) is 5.01. The average Bonchev–Trinajstić information content (AvgIpc) is 2.79. The first-order chi connectivity index (χ1) is 8.39. The molecule has 1 atom stereocenters. The minimum absolute atomic E-state index is 0.0141. The van der Waals surface area contributed by atoms with E-state index in [1.54, 1.807) is 6.20 Å². The Labute approximate surface area is 109 Å². The maximum absolute atomic E-state index is 11.2. The normalized spacial score (nSPS) is 19.7. The van der Waals surface area contributed by atoms with Crippen molar-refractivity contribution in [2.24, 2.45) is 5.41 Å². The van der Waals surface area contributed by atoms with E-state index in [4.69, 9.17) is 0 Å². The van der Waals surface area contributed by atoms with Gasteiger partial charge in [0.25, 0.3) is 0 Å². The van der Waals surface area contributed by atoms with Gasteiger partial charge in [0.1, 0.15) is 9.84 Å². The van der Waals surface area contributed by atoms with Gasteiger partial charge in [0, 0.05) is 43.2 Å². The number of hydrogen-bond donors (Lipinski definition) is 1. The lowest BCUT2D eigenvalue weighted by molar-refractivity contribution is 0.377. The molecule has 18 heavy (non-hydrogen) atoms. The van der Waals surface area contributed by atoms with Gasteiger partial charge in [-0.3, -0.25) is 0 Å². The number of nitrogens with one attached hydrogen (secondary N) is 1. The zero-order valence-electron chi connectivity index (χ0n) is 11.0. The van der Waals surface area contributed by atoms with Gasteiger partial charge in [0.2, 0.25) is 0 Å². The van der Waals surface area contributed by atoms with Gasteiger partial charge < -0.3 is 9.88 Å². The van der Waals surface area contributed by atoms with Gasteiger partial charge in [0.05, 0.1) is 12.1 Å². The molecule has 1 aromatic rings. The van der Waals surface area contributed by atoms with Gasteiger partial charge in [0.15, 0.2) is 0 Å². The van der Waals surface area contributed by atoms with E-state index in [0.717, 1.165) is 13.1 Å². The van der Waals surface area contributed by atoms with Crippen molar-refractivity contribution < 1.29 is 8.42 Å². The Morgan fingerprint density at radius 2 is 2.22 bits per heavy atom. The molecule has 1 aliphatic carbocycles. The summed E-state index contributed by atoms with van der Waals surface area (Å²) in [4.78, 5) is 4.04. The topological polar surface area (TPSA) is 64.0 Å². The van der Waals surface area contributed by atoms with Crippen molar-refractivity contribution in [2.75, 3.05) is 18.6 Å². The Bertz CT molecular complexity index is 477. The van der Waals surface area contributed by atoms with Crippen LogP contribution in [0.5, 0.6) is 0 Å². The summed E-state index contributed by atoms with van der Waals surface area (Å²) >= 11 is 0. The second-order valence-corrected chi connectivity index (χ2v) is 7.79. The summed E-state index contributed by atoms with van der Waals surface area (Å²) in [6, 6.07) is 0.0141. The molecule has 1 aliphatic rings. The third-order valence-electron chi connectivity index (χ3n) is 3.41. The predicted octanol–water partition coefficient (Wildman–Crippen LogP) is 0.686. The quantitative estimate of drug-likeness (QED) is 0.792. The van der Waals surface area contributed by atoms with Crippen molar-refractivity contribution >= 4 is 9.84 Å². The molecule has 6 heteroatoms. The molecule has 0 spiro atoms. The van der Waals surface area contributed by atoms with Crippen LogP contribution in [0.4, 0.5) is 0 Å². The summed E-state index contributed by atoms with van der Waals surface area (Å²) in [5.41, 5.74) is 0.298. The summed E-state index contributed by atoms with van der Waals surface area (Å²) in [7, 11) is -2.90. The summed E-state index contributed by atoms with van der Waals surface area (Å²) in [5.74, 6) is 0.203. The molecule has 1 heterocycles. The number of nitrogens with zero attached hydrogens (tertiary/aromatic N) is 2. The molecule has 1 saturated carbocycles. The fourth-order valence-corrected chi connectivity index (χ4v) is 3.27. The monoisotopic (exact) mass is 271 g/mol. The van der Waals surface area contributed by atoms with Crippen molar-refractivity contribution in [2.45, 2.75) is 32.4 Å². The average molecular weight is 271 g/mol. The van der Waals surface area contributed by atoms with Gasteiger partial charge >= 0.3 is 0 Å². The Hall–Kier alpha value is -0.880. The third-order valence-corrected chi connectivity index (χ3v) is 4.52. The van der Waals surface area contributed by atoms with Crippen molar-refractivity contribution in [1.82, 2.24) is 14.9 Å². The lowest BCUT2D eigenvalue weighted by Crippen LogP contribution is -2.37. The summed E-state index contributed by atoms with van der Waals surface area (Å²) < 4.78 is 24.5. The van der Waals surface area contributed by atoms with Crippen LogP contribution < -0.4 is 5.32 Å². The van der Waals surface area contributed by atoms with E-state index in [0.29, 0.717) is 5.41 Å². The van der Waals surface area contributed by atoms with Crippen LogP contribution in [0.2, 0.25) is 0 Å². The number of hydrogen-bond acceptors (Lipinski definition) is 4. The highest BCUT2D eigenvalue weighted by atomic mass is 32.2. The molecule has 0 amide bonds. The van der Waals surface area contributed by atoms with E-state index in [1.165, 1.54) is 19.1 Å². The third kappa shape index (κ3) is 4.10. The molecule has 0 radical (unpaired) electrons. The fourth-order valence-electron chi connectivity index (χ4n) is 2.24. The van der Waals surface area contributed by atoms with Crippen LogP contribution in [-0.2, 0) is 16.4 Å². The van der Waals surface area contributed by atoms with Crippen molar-refractivity contribution in [3.05, 3.63) is 18.7 Å². The van der Waals surface area contributed by atoms with Crippen LogP contribution in [0.1, 0.15) is 19.8 Å². The van der Waals surface area contributed by atoms with E-state index in [-0.39, 0.29) is 11.8 Å². The molecule has 0 aromatic carbocycles. The Morgan fingerprint density at radius 3 is 2.72 bits per heavy atom. The van der Waals surface area contributed by atoms with Gasteiger partial charge in [-0.15, -0.1) is 0 Å². The van der Waals surface area contributed by atoms with Crippen LogP contribution >= 0.6 is 0 Å². The van der Waals surface area contributed by atoms with Crippen molar-refractivity contribution in [3.8, 4) is 0 Å². The molecule has 0 saturated heterocycles. The second-order valence-electron chi connectivity index (χ2n) is 5.61. The minimum atomic E-state index is -2.90. The largest absolute Gasteiger partial charge is 0.337 e. The summed E-state index contributed by atoms with van der Waals surface area (Å²) in [5, 5.41) is 3.34. The van der Waals surface area contributed by atoms with Gasteiger partial charge in [-0.2, -0.15) is 0 Å². The fraction of sp³-hybridized carbons (Fsp3) is 0.750. The maximum Gasteiger partial charge on any atom is 0.148 e. The lowest BCUT2D eigenvalue weighted by atomic mass is 10.1. The molecule has 1 unspecified atom stereocenters. The maximum atomic E-state index is 11.2. The standard InChI is InChI=1S/C12H21N3O2S/c1-11(7-18(2,16)17)14-8-12(3-4-12)9-15-6-5-13-10-15/h5-6,10-11,14H,3-4,7-9H2,1-2H3. The Kier molecular flexibility index (Phi) is 3.77.